The maximum Gasteiger partial charge on any atom is 0.277 e. The minimum absolute atomic E-state index is 0.142. The van der Waals surface area contributed by atoms with Crippen molar-refractivity contribution < 1.29 is 9.21 Å². The first kappa shape index (κ1) is 16.2. The second-order valence-corrected chi connectivity index (χ2v) is 7.42. The third-order valence-corrected chi connectivity index (χ3v) is 5.36. The molecule has 1 saturated heterocycles. The number of aromatic nitrogens is 3. The first-order chi connectivity index (χ1) is 12.2. The predicted molar refractivity (Wildman–Crippen MR) is 97.3 cm³/mol. The summed E-state index contributed by atoms with van der Waals surface area (Å²) in [6, 6.07) is 7.97. The van der Waals surface area contributed by atoms with Gasteiger partial charge in [-0.3, -0.25) is 4.79 Å². The lowest BCUT2D eigenvalue weighted by atomic mass is 10.0. The van der Waals surface area contributed by atoms with E-state index in [1.807, 2.05) is 35.4 Å². The second kappa shape index (κ2) is 6.92. The average Bonchev–Trinajstić information content (AvgIpc) is 3.26. The van der Waals surface area contributed by atoms with Crippen LogP contribution in [-0.2, 0) is 4.79 Å². The number of aromatic amines is 1. The molecule has 0 radical (unpaired) electrons. The Labute approximate surface area is 150 Å². The topological polar surface area (TPSA) is 75.0 Å². The van der Waals surface area contributed by atoms with Gasteiger partial charge in [0.25, 0.3) is 11.1 Å². The number of carbonyl (C=O) groups is 1. The number of rotatable bonds is 4. The van der Waals surface area contributed by atoms with Crippen molar-refractivity contribution in [2.24, 2.45) is 5.92 Å². The van der Waals surface area contributed by atoms with Gasteiger partial charge in [0.2, 0.25) is 5.91 Å². The van der Waals surface area contributed by atoms with Gasteiger partial charge in [-0.1, -0.05) is 36.9 Å². The Morgan fingerprint density at radius 1 is 1.40 bits per heavy atom. The van der Waals surface area contributed by atoms with Crippen LogP contribution in [0.1, 0.15) is 19.8 Å². The van der Waals surface area contributed by atoms with Crippen molar-refractivity contribution >= 4 is 28.6 Å². The normalized spacial score (nSPS) is 18.0. The monoisotopic (exact) mass is 356 g/mol. The van der Waals surface area contributed by atoms with Gasteiger partial charge in [0.15, 0.2) is 0 Å². The largest absolute Gasteiger partial charge is 0.411 e. The molecule has 1 atom stereocenters. The Morgan fingerprint density at radius 2 is 2.28 bits per heavy atom. The molecule has 0 bridgehead atoms. The predicted octanol–water partition coefficient (Wildman–Crippen LogP) is 3.57. The Hall–Kier alpha value is -2.28. The summed E-state index contributed by atoms with van der Waals surface area (Å²) in [5, 5.41) is 9.67. The third-order valence-electron chi connectivity index (χ3n) is 4.55. The molecule has 1 fully saturated rings. The summed E-state index contributed by atoms with van der Waals surface area (Å²) in [7, 11) is 0. The van der Waals surface area contributed by atoms with Crippen LogP contribution in [0.3, 0.4) is 0 Å². The van der Waals surface area contributed by atoms with Crippen molar-refractivity contribution in [3.05, 3.63) is 30.5 Å². The Kier molecular flexibility index (Phi) is 4.48. The summed E-state index contributed by atoms with van der Waals surface area (Å²) in [5.74, 6) is 1.53. The highest BCUT2D eigenvalue weighted by molar-refractivity contribution is 7.99. The number of benzene rings is 1. The van der Waals surface area contributed by atoms with Gasteiger partial charge in [0, 0.05) is 30.2 Å². The first-order valence-corrected chi connectivity index (χ1v) is 9.50. The Bertz CT molecular complexity index is 888. The molecule has 1 aliphatic heterocycles. The summed E-state index contributed by atoms with van der Waals surface area (Å²) in [6.07, 6.45) is 4.16. The van der Waals surface area contributed by atoms with Gasteiger partial charge in [-0.2, -0.15) is 0 Å². The molecule has 0 unspecified atom stereocenters. The molecule has 1 amide bonds. The van der Waals surface area contributed by atoms with E-state index in [0.717, 1.165) is 36.0 Å². The molecule has 130 valence electrons. The molecule has 1 aromatic carbocycles. The lowest BCUT2D eigenvalue weighted by Gasteiger charge is -2.30. The van der Waals surface area contributed by atoms with Crippen LogP contribution in [0.5, 0.6) is 0 Å². The van der Waals surface area contributed by atoms with Crippen LogP contribution >= 0.6 is 11.8 Å². The standard InChI is InChI=1S/C18H20N4O2S/c1-12-5-4-8-22(10-12)16(23)11-25-18-21-20-17(24-18)14-9-19-15-7-3-2-6-13(14)15/h2-3,6-7,9,12,19H,4-5,8,10-11H2,1H3/t12-/m1/s1. The van der Waals surface area contributed by atoms with Crippen LogP contribution < -0.4 is 0 Å². The maximum atomic E-state index is 12.3. The number of hydrogen-bond donors (Lipinski definition) is 1. The summed E-state index contributed by atoms with van der Waals surface area (Å²) in [5.41, 5.74) is 1.91. The number of carbonyl (C=O) groups excluding carboxylic acids is 1. The average molecular weight is 356 g/mol. The molecule has 3 heterocycles. The van der Waals surface area contributed by atoms with Gasteiger partial charge < -0.3 is 14.3 Å². The van der Waals surface area contributed by atoms with Crippen molar-refractivity contribution in [3.63, 3.8) is 0 Å². The first-order valence-electron chi connectivity index (χ1n) is 8.51. The highest BCUT2D eigenvalue weighted by Gasteiger charge is 2.22. The van der Waals surface area contributed by atoms with Crippen LogP contribution in [-0.4, -0.2) is 44.8 Å². The highest BCUT2D eigenvalue weighted by atomic mass is 32.2. The molecule has 1 N–H and O–H groups in total. The number of thioether (sulfide) groups is 1. The number of likely N-dealkylation sites (tertiary alicyclic amines) is 1. The van der Waals surface area contributed by atoms with Crippen LogP contribution in [0.25, 0.3) is 22.4 Å². The fourth-order valence-electron chi connectivity index (χ4n) is 3.26. The van der Waals surface area contributed by atoms with E-state index in [4.69, 9.17) is 4.42 Å². The molecule has 0 spiro atoms. The van der Waals surface area contributed by atoms with Crippen molar-refractivity contribution in [1.82, 2.24) is 20.1 Å². The van der Waals surface area contributed by atoms with Crippen molar-refractivity contribution in [2.75, 3.05) is 18.8 Å². The molecule has 0 saturated carbocycles. The quantitative estimate of drug-likeness (QED) is 0.723. The molecule has 6 nitrogen and oxygen atoms in total. The van der Waals surface area contributed by atoms with Gasteiger partial charge in [-0.05, 0) is 24.8 Å². The number of para-hydroxylation sites is 1. The smallest absolute Gasteiger partial charge is 0.277 e. The van der Waals surface area contributed by atoms with Crippen molar-refractivity contribution in [2.45, 2.75) is 25.0 Å². The molecular formula is C18H20N4O2S. The van der Waals surface area contributed by atoms with E-state index in [0.29, 0.717) is 22.8 Å². The molecule has 25 heavy (non-hydrogen) atoms. The van der Waals surface area contributed by atoms with Gasteiger partial charge in [0.05, 0.1) is 11.3 Å². The summed E-state index contributed by atoms with van der Waals surface area (Å²) in [4.78, 5) is 17.5. The van der Waals surface area contributed by atoms with E-state index in [1.54, 1.807) is 0 Å². The van der Waals surface area contributed by atoms with Crippen LogP contribution in [0.2, 0.25) is 0 Å². The molecule has 7 heteroatoms. The van der Waals surface area contributed by atoms with E-state index < -0.39 is 0 Å². The molecule has 1 aliphatic rings. The Balaban J connectivity index is 1.42. The van der Waals surface area contributed by atoms with E-state index in [2.05, 4.69) is 22.1 Å². The highest BCUT2D eigenvalue weighted by Crippen LogP contribution is 2.29. The van der Waals surface area contributed by atoms with Crippen molar-refractivity contribution in [3.8, 4) is 11.5 Å². The zero-order valence-corrected chi connectivity index (χ0v) is 14.9. The number of H-pyrrole nitrogens is 1. The fraction of sp³-hybridized carbons (Fsp3) is 0.389. The number of amides is 1. The summed E-state index contributed by atoms with van der Waals surface area (Å²) in [6.45, 7) is 3.90. The fourth-order valence-corrected chi connectivity index (χ4v) is 3.92. The number of fused-ring (bicyclic) bond motifs is 1. The summed E-state index contributed by atoms with van der Waals surface area (Å²) < 4.78 is 5.75. The van der Waals surface area contributed by atoms with Gasteiger partial charge >= 0.3 is 0 Å². The van der Waals surface area contributed by atoms with Crippen molar-refractivity contribution in [1.29, 1.82) is 0 Å². The SMILES string of the molecule is C[C@@H]1CCCN(C(=O)CSc2nnc(-c3c[nH]c4ccccc34)o2)C1. The zero-order valence-electron chi connectivity index (χ0n) is 14.1. The van der Waals surface area contributed by atoms with Crippen LogP contribution in [0.4, 0.5) is 0 Å². The van der Waals surface area contributed by atoms with Crippen LogP contribution in [0, 0.1) is 5.92 Å². The van der Waals surface area contributed by atoms with E-state index in [-0.39, 0.29) is 5.91 Å². The molecule has 2 aromatic heterocycles. The van der Waals surface area contributed by atoms with Gasteiger partial charge in [-0.25, -0.2) is 0 Å². The maximum absolute atomic E-state index is 12.3. The number of piperidine rings is 1. The number of nitrogens with zero attached hydrogens (tertiary/aromatic N) is 3. The number of nitrogens with one attached hydrogen (secondary N) is 1. The molecule has 0 aliphatic carbocycles. The lowest BCUT2D eigenvalue weighted by molar-refractivity contribution is -0.130. The lowest BCUT2D eigenvalue weighted by Crippen LogP contribution is -2.40. The number of hydrogen-bond acceptors (Lipinski definition) is 5. The second-order valence-electron chi connectivity index (χ2n) is 6.50. The minimum Gasteiger partial charge on any atom is -0.411 e. The van der Waals surface area contributed by atoms with Crippen LogP contribution in [0.15, 0.2) is 40.1 Å². The molecule has 3 aromatic rings. The third kappa shape index (κ3) is 3.42. The minimum atomic E-state index is 0.142. The molecular weight excluding hydrogens is 336 g/mol. The molecule has 4 rings (SSSR count). The zero-order chi connectivity index (χ0) is 17.2. The Morgan fingerprint density at radius 3 is 3.16 bits per heavy atom. The van der Waals surface area contributed by atoms with Gasteiger partial charge in [-0.15, -0.1) is 10.2 Å². The van der Waals surface area contributed by atoms with E-state index >= 15 is 0 Å². The van der Waals surface area contributed by atoms with E-state index in [9.17, 15) is 4.79 Å². The summed E-state index contributed by atoms with van der Waals surface area (Å²) >= 11 is 1.31. The van der Waals surface area contributed by atoms with Gasteiger partial charge in [0.1, 0.15) is 0 Å². The van der Waals surface area contributed by atoms with E-state index in [1.165, 1.54) is 18.2 Å².